The molecule has 0 saturated carbocycles. The lowest BCUT2D eigenvalue weighted by Crippen LogP contribution is -2.12. The van der Waals surface area contributed by atoms with Crippen molar-refractivity contribution in [2.45, 2.75) is 6.92 Å². The molecule has 0 aliphatic rings. The summed E-state index contributed by atoms with van der Waals surface area (Å²) >= 11 is 1.36. The van der Waals surface area contributed by atoms with Gasteiger partial charge in [-0.15, -0.1) is 11.3 Å². The Bertz CT molecular complexity index is 968. The monoisotopic (exact) mass is 384 g/mol. The molecule has 2 aromatic carbocycles. The van der Waals surface area contributed by atoms with Gasteiger partial charge in [0, 0.05) is 16.5 Å². The summed E-state index contributed by atoms with van der Waals surface area (Å²) in [5.41, 5.74) is 3.20. The Balaban J connectivity index is 1.82. The second-order valence-corrected chi connectivity index (χ2v) is 6.62. The number of aryl methyl sites for hydroxylation is 1. The highest BCUT2D eigenvalue weighted by molar-refractivity contribution is 7.14. The Hall–Kier alpha value is -3.06. The van der Waals surface area contributed by atoms with Crippen LogP contribution in [0.2, 0.25) is 0 Å². The third-order valence-corrected chi connectivity index (χ3v) is 4.76. The Kier molecular flexibility index (Phi) is 5.61. The molecule has 140 valence electrons. The number of hydrogen-bond donors (Lipinski definition) is 1. The normalized spacial score (nSPS) is 10.4. The molecule has 6 nitrogen and oxygen atoms in total. The van der Waals surface area contributed by atoms with Gasteiger partial charge in [-0.2, -0.15) is 0 Å². The average Bonchev–Trinajstić information content (AvgIpc) is 3.15. The molecular weight excluding hydrogens is 364 g/mol. The lowest BCUT2D eigenvalue weighted by molar-refractivity contribution is 0.102. The highest BCUT2D eigenvalue weighted by Gasteiger charge is 2.14. The number of nitrogens with one attached hydrogen (secondary N) is 1. The van der Waals surface area contributed by atoms with E-state index in [2.05, 4.69) is 10.3 Å². The summed E-state index contributed by atoms with van der Waals surface area (Å²) < 4.78 is 15.9. The Morgan fingerprint density at radius 3 is 2.37 bits per heavy atom. The largest absolute Gasteiger partial charge is 0.496 e. The minimum absolute atomic E-state index is 0.270. The van der Waals surface area contributed by atoms with E-state index in [-0.39, 0.29) is 5.91 Å². The van der Waals surface area contributed by atoms with Gasteiger partial charge in [0.25, 0.3) is 5.91 Å². The lowest BCUT2D eigenvalue weighted by atomic mass is 10.1. The van der Waals surface area contributed by atoms with Gasteiger partial charge in [-0.1, -0.05) is 11.6 Å². The van der Waals surface area contributed by atoms with Gasteiger partial charge in [0.2, 0.25) is 0 Å². The van der Waals surface area contributed by atoms with Crippen LogP contribution in [0.5, 0.6) is 17.2 Å². The Morgan fingerprint density at radius 1 is 0.963 bits per heavy atom. The molecular formula is C20H20N2O4S. The van der Waals surface area contributed by atoms with Crippen molar-refractivity contribution in [2.24, 2.45) is 0 Å². The van der Waals surface area contributed by atoms with Crippen molar-refractivity contribution < 1.29 is 19.0 Å². The van der Waals surface area contributed by atoms with Crippen molar-refractivity contribution in [1.82, 2.24) is 4.98 Å². The summed E-state index contributed by atoms with van der Waals surface area (Å²) in [6.45, 7) is 2.01. The molecule has 0 fully saturated rings. The van der Waals surface area contributed by atoms with Crippen LogP contribution in [0.1, 0.15) is 15.9 Å². The molecule has 1 aromatic heterocycles. The molecule has 0 saturated heterocycles. The standard InChI is InChI=1S/C20H20N2O4S/c1-12-5-7-16(24-2)14(9-12)15-11-27-20(21-15)22-19(23)13-6-8-17(25-3)18(10-13)26-4/h5-11H,1-4H3,(H,21,22,23). The zero-order chi connectivity index (χ0) is 19.4. The fourth-order valence-corrected chi connectivity index (χ4v) is 3.33. The molecule has 27 heavy (non-hydrogen) atoms. The van der Waals surface area contributed by atoms with E-state index in [9.17, 15) is 4.79 Å². The van der Waals surface area contributed by atoms with Gasteiger partial charge >= 0.3 is 0 Å². The molecule has 0 unspecified atom stereocenters. The van der Waals surface area contributed by atoms with Gasteiger partial charge < -0.3 is 14.2 Å². The van der Waals surface area contributed by atoms with Crippen LogP contribution in [-0.2, 0) is 0 Å². The van der Waals surface area contributed by atoms with E-state index in [0.717, 1.165) is 22.6 Å². The van der Waals surface area contributed by atoms with Crippen molar-refractivity contribution in [1.29, 1.82) is 0 Å². The van der Waals surface area contributed by atoms with E-state index in [1.807, 2.05) is 30.5 Å². The second kappa shape index (κ2) is 8.09. The van der Waals surface area contributed by atoms with Crippen LogP contribution < -0.4 is 19.5 Å². The number of aromatic nitrogens is 1. The summed E-state index contributed by atoms with van der Waals surface area (Å²) in [5.74, 6) is 1.53. The number of nitrogens with zero attached hydrogens (tertiary/aromatic N) is 1. The SMILES string of the molecule is COc1ccc(C(=O)Nc2nc(-c3cc(C)ccc3OC)cs2)cc1OC. The maximum absolute atomic E-state index is 12.5. The van der Waals surface area contributed by atoms with Crippen LogP contribution in [-0.4, -0.2) is 32.2 Å². The summed E-state index contributed by atoms with van der Waals surface area (Å²) in [4.78, 5) is 17.1. The van der Waals surface area contributed by atoms with Crippen molar-refractivity contribution in [2.75, 3.05) is 26.6 Å². The first-order valence-corrected chi connectivity index (χ1v) is 9.07. The smallest absolute Gasteiger partial charge is 0.257 e. The Morgan fingerprint density at radius 2 is 1.67 bits per heavy atom. The molecule has 1 heterocycles. The number of thiazole rings is 1. The van der Waals surface area contributed by atoms with Crippen molar-refractivity contribution >= 4 is 22.4 Å². The van der Waals surface area contributed by atoms with Gasteiger partial charge in [0.1, 0.15) is 5.75 Å². The predicted octanol–water partition coefficient (Wildman–Crippen LogP) is 4.40. The predicted molar refractivity (Wildman–Crippen MR) is 106 cm³/mol. The number of anilines is 1. The zero-order valence-electron chi connectivity index (χ0n) is 15.5. The zero-order valence-corrected chi connectivity index (χ0v) is 16.3. The van der Waals surface area contributed by atoms with Crippen LogP contribution in [0.15, 0.2) is 41.8 Å². The number of methoxy groups -OCH3 is 3. The van der Waals surface area contributed by atoms with E-state index in [4.69, 9.17) is 14.2 Å². The van der Waals surface area contributed by atoms with Crippen LogP contribution in [0, 0.1) is 6.92 Å². The number of carbonyl (C=O) groups excluding carboxylic acids is 1. The molecule has 0 spiro atoms. The molecule has 0 bridgehead atoms. The van der Waals surface area contributed by atoms with E-state index in [0.29, 0.717) is 22.2 Å². The average molecular weight is 384 g/mol. The number of hydrogen-bond acceptors (Lipinski definition) is 6. The quantitative estimate of drug-likeness (QED) is 0.682. The summed E-state index contributed by atoms with van der Waals surface area (Å²) in [6.07, 6.45) is 0. The molecule has 7 heteroatoms. The van der Waals surface area contributed by atoms with Gasteiger partial charge in [-0.3, -0.25) is 10.1 Å². The first kappa shape index (κ1) is 18.7. The summed E-state index contributed by atoms with van der Waals surface area (Å²) in [6, 6.07) is 10.9. The number of carbonyl (C=O) groups is 1. The maximum Gasteiger partial charge on any atom is 0.257 e. The molecule has 0 aliphatic carbocycles. The topological polar surface area (TPSA) is 69.7 Å². The highest BCUT2D eigenvalue weighted by atomic mass is 32.1. The first-order valence-electron chi connectivity index (χ1n) is 8.19. The minimum atomic E-state index is -0.270. The summed E-state index contributed by atoms with van der Waals surface area (Å²) in [5, 5.41) is 5.22. The third-order valence-electron chi connectivity index (χ3n) is 4.00. The number of ether oxygens (including phenoxy) is 3. The van der Waals surface area contributed by atoms with Gasteiger partial charge in [0.15, 0.2) is 16.6 Å². The van der Waals surface area contributed by atoms with Crippen LogP contribution in [0.4, 0.5) is 5.13 Å². The van der Waals surface area contributed by atoms with Crippen LogP contribution in [0.3, 0.4) is 0 Å². The van der Waals surface area contributed by atoms with Crippen molar-refractivity contribution in [3.8, 4) is 28.5 Å². The van der Waals surface area contributed by atoms with Gasteiger partial charge in [0.05, 0.1) is 27.0 Å². The number of benzene rings is 2. The lowest BCUT2D eigenvalue weighted by Gasteiger charge is -2.09. The molecule has 3 rings (SSSR count). The molecule has 1 N–H and O–H groups in total. The highest BCUT2D eigenvalue weighted by Crippen LogP contribution is 2.33. The third kappa shape index (κ3) is 4.03. The van der Waals surface area contributed by atoms with Crippen molar-refractivity contribution in [3.05, 3.63) is 52.9 Å². The molecule has 0 aliphatic heterocycles. The first-order chi connectivity index (χ1) is 13.0. The van der Waals surface area contributed by atoms with E-state index in [1.165, 1.54) is 18.4 Å². The van der Waals surface area contributed by atoms with Crippen LogP contribution >= 0.6 is 11.3 Å². The fraction of sp³-hybridized carbons (Fsp3) is 0.200. The van der Waals surface area contributed by atoms with Crippen LogP contribution in [0.25, 0.3) is 11.3 Å². The van der Waals surface area contributed by atoms with E-state index >= 15 is 0 Å². The van der Waals surface area contributed by atoms with Gasteiger partial charge in [-0.25, -0.2) is 4.98 Å². The fourth-order valence-electron chi connectivity index (χ4n) is 2.62. The Labute approximate surface area is 161 Å². The summed E-state index contributed by atoms with van der Waals surface area (Å²) in [7, 11) is 4.70. The second-order valence-electron chi connectivity index (χ2n) is 5.77. The van der Waals surface area contributed by atoms with E-state index < -0.39 is 0 Å². The van der Waals surface area contributed by atoms with Crippen molar-refractivity contribution in [3.63, 3.8) is 0 Å². The molecule has 3 aromatic rings. The molecule has 1 amide bonds. The maximum atomic E-state index is 12.5. The minimum Gasteiger partial charge on any atom is -0.496 e. The van der Waals surface area contributed by atoms with Gasteiger partial charge in [-0.05, 0) is 37.3 Å². The number of amides is 1. The van der Waals surface area contributed by atoms with E-state index in [1.54, 1.807) is 32.4 Å². The molecule has 0 radical (unpaired) electrons. The molecule has 0 atom stereocenters. The number of rotatable bonds is 6.